The number of rotatable bonds is 3. The van der Waals surface area contributed by atoms with Crippen LogP contribution < -0.4 is 5.43 Å². The Balaban J connectivity index is 0.00000128. The summed E-state index contributed by atoms with van der Waals surface area (Å²) < 4.78 is 4.69. The molecule has 0 bridgehead atoms. The Hall–Kier alpha value is -0.810. The van der Waals surface area contributed by atoms with Crippen molar-refractivity contribution < 1.29 is 14.3 Å². The summed E-state index contributed by atoms with van der Waals surface area (Å²) in [5.74, 6) is -0.0432. The maximum absolute atomic E-state index is 11.5. The molecule has 2 rings (SSSR count). The van der Waals surface area contributed by atoms with Gasteiger partial charge < -0.3 is 4.74 Å². The Labute approximate surface area is 101 Å². The first-order valence-electron chi connectivity index (χ1n) is 5.37. The van der Waals surface area contributed by atoms with Crippen LogP contribution in [0.4, 0.5) is 0 Å². The number of nitrogens with one attached hydrogen (secondary N) is 1. The summed E-state index contributed by atoms with van der Waals surface area (Å²) in [5.41, 5.74) is 2.80. The van der Waals surface area contributed by atoms with Gasteiger partial charge >= 0.3 is 5.97 Å². The van der Waals surface area contributed by atoms with Gasteiger partial charge in [0.2, 0.25) is 5.91 Å². The lowest BCUT2D eigenvalue weighted by molar-refractivity contribution is -0.148. The molecule has 0 aromatic rings. The van der Waals surface area contributed by atoms with Crippen molar-refractivity contribution in [3.05, 3.63) is 0 Å². The van der Waals surface area contributed by atoms with Crippen molar-refractivity contribution in [1.29, 1.82) is 0 Å². The van der Waals surface area contributed by atoms with E-state index in [1.165, 1.54) is 7.11 Å². The smallest absolute Gasteiger partial charge is 0.324 e. The van der Waals surface area contributed by atoms with E-state index < -0.39 is 0 Å². The highest BCUT2D eigenvalue weighted by Gasteiger charge is 2.36. The molecule has 2 aliphatic rings. The van der Waals surface area contributed by atoms with Crippen LogP contribution in [0.15, 0.2) is 0 Å². The zero-order valence-electron chi connectivity index (χ0n) is 9.27. The Bertz CT molecular complexity index is 281. The molecule has 5 nitrogen and oxygen atoms in total. The van der Waals surface area contributed by atoms with Gasteiger partial charge in [-0.1, -0.05) is 0 Å². The number of amides is 1. The van der Waals surface area contributed by atoms with E-state index in [0.717, 1.165) is 32.2 Å². The predicted molar refractivity (Wildman–Crippen MR) is 59.9 cm³/mol. The number of esters is 1. The van der Waals surface area contributed by atoms with Crippen molar-refractivity contribution in [3.63, 3.8) is 0 Å². The van der Waals surface area contributed by atoms with Crippen molar-refractivity contribution in [1.82, 2.24) is 10.4 Å². The highest BCUT2D eigenvalue weighted by molar-refractivity contribution is 5.85. The molecular weight excluding hydrogens is 232 g/mol. The quantitative estimate of drug-likeness (QED) is 0.739. The fourth-order valence-electron chi connectivity index (χ4n) is 1.86. The lowest BCUT2D eigenvalue weighted by Crippen LogP contribution is -2.49. The summed E-state index contributed by atoms with van der Waals surface area (Å²) in [6, 6.07) is -0.294. The van der Waals surface area contributed by atoms with Crippen LogP contribution in [0.5, 0.6) is 0 Å². The minimum Gasteiger partial charge on any atom is -0.468 e. The fourth-order valence-corrected chi connectivity index (χ4v) is 1.86. The summed E-state index contributed by atoms with van der Waals surface area (Å²) in [6.45, 7) is 0.734. The van der Waals surface area contributed by atoms with Crippen molar-refractivity contribution in [2.45, 2.75) is 31.7 Å². The molecule has 1 aliphatic heterocycles. The van der Waals surface area contributed by atoms with Gasteiger partial charge in [-0.25, -0.2) is 5.01 Å². The minimum absolute atomic E-state index is 0. The minimum atomic E-state index is -0.294. The number of hydrazine groups is 1. The first-order valence-corrected chi connectivity index (χ1v) is 5.37. The second-order valence-corrected chi connectivity index (χ2v) is 4.12. The van der Waals surface area contributed by atoms with E-state index in [0.29, 0.717) is 0 Å². The molecule has 1 saturated heterocycles. The number of hydrogen-bond acceptors (Lipinski definition) is 4. The average Bonchev–Trinajstić information content (AvgIpc) is 2.99. The lowest BCUT2D eigenvalue weighted by atomic mass is 10.2. The van der Waals surface area contributed by atoms with E-state index in [4.69, 9.17) is 4.74 Å². The molecule has 1 amide bonds. The number of carbonyl (C=O) groups is 2. The molecule has 1 N–H and O–H groups in total. The highest BCUT2D eigenvalue weighted by Crippen LogP contribution is 2.29. The monoisotopic (exact) mass is 248 g/mol. The van der Waals surface area contributed by atoms with E-state index >= 15 is 0 Å². The maximum Gasteiger partial charge on any atom is 0.324 e. The van der Waals surface area contributed by atoms with Crippen molar-refractivity contribution in [2.24, 2.45) is 5.92 Å². The third-order valence-electron chi connectivity index (χ3n) is 2.93. The largest absolute Gasteiger partial charge is 0.468 e. The molecule has 0 spiro atoms. The van der Waals surface area contributed by atoms with E-state index in [1.54, 1.807) is 5.01 Å². The lowest BCUT2D eigenvalue weighted by Gasteiger charge is -2.22. The first-order chi connectivity index (χ1) is 7.22. The average molecular weight is 249 g/mol. The normalized spacial score (nSPS) is 24.7. The third kappa shape index (κ3) is 2.86. The Morgan fingerprint density at radius 1 is 1.31 bits per heavy atom. The summed E-state index contributed by atoms with van der Waals surface area (Å²) in [5, 5.41) is 1.71. The zero-order valence-corrected chi connectivity index (χ0v) is 10.1. The van der Waals surface area contributed by atoms with Crippen LogP contribution in [-0.2, 0) is 14.3 Å². The summed E-state index contributed by atoms with van der Waals surface area (Å²) in [6.07, 6.45) is 3.63. The molecule has 2 fully saturated rings. The highest BCUT2D eigenvalue weighted by atomic mass is 35.5. The number of nitrogens with zero attached hydrogens (tertiary/aromatic N) is 1. The summed E-state index contributed by atoms with van der Waals surface area (Å²) in [7, 11) is 1.38. The molecule has 92 valence electrons. The maximum atomic E-state index is 11.5. The topological polar surface area (TPSA) is 58.6 Å². The SMILES string of the molecule is COC(=O)C1CCCN1NC(=O)C1CC1.Cl. The number of methoxy groups -OCH3 is 1. The molecule has 1 atom stereocenters. The fraction of sp³-hybridized carbons (Fsp3) is 0.800. The van der Waals surface area contributed by atoms with Crippen LogP contribution >= 0.6 is 12.4 Å². The molecule has 0 aromatic carbocycles. The molecular formula is C10H17ClN2O3. The van der Waals surface area contributed by atoms with Crippen molar-refractivity contribution >= 4 is 24.3 Å². The van der Waals surface area contributed by atoms with Gasteiger partial charge in [0.05, 0.1) is 7.11 Å². The Morgan fingerprint density at radius 3 is 2.56 bits per heavy atom. The van der Waals surface area contributed by atoms with E-state index in [2.05, 4.69) is 5.43 Å². The number of halogens is 1. The van der Waals surface area contributed by atoms with E-state index in [1.807, 2.05) is 0 Å². The van der Waals surface area contributed by atoms with Crippen LogP contribution in [0.25, 0.3) is 0 Å². The van der Waals surface area contributed by atoms with E-state index in [9.17, 15) is 9.59 Å². The standard InChI is InChI=1S/C10H16N2O3.ClH/c1-15-10(14)8-3-2-6-12(8)11-9(13)7-4-5-7;/h7-8H,2-6H2,1H3,(H,11,13);1H. The number of ether oxygens (including phenoxy) is 1. The van der Waals surface area contributed by atoms with Gasteiger partial charge in [-0.2, -0.15) is 0 Å². The molecule has 1 heterocycles. The van der Waals surface area contributed by atoms with Gasteiger partial charge in [-0.15, -0.1) is 12.4 Å². The van der Waals surface area contributed by atoms with Gasteiger partial charge in [-0.05, 0) is 25.7 Å². The van der Waals surface area contributed by atoms with Gasteiger partial charge in [0.1, 0.15) is 6.04 Å². The Kier molecular flexibility index (Phi) is 4.56. The number of carbonyl (C=O) groups excluding carboxylic acids is 2. The first kappa shape index (κ1) is 13.3. The van der Waals surface area contributed by atoms with Gasteiger partial charge in [0.15, 0.2) is 0 Å². The van der Waals surface area contributed by atoms with Crippen LogP contribution in [0.1, 0.15) is 25.7 Å². The zero-order chi connectivity index (χ0) is 10.8. The van der Waals surface area contributed by atoms with Crippen molar-refractivity contribution in [2.75, 3.05) is 13.7 Å². The van der Waals surface area contributed by atoms with Gasteiger partial charge in [-0.3, -0.25) is 15.0 Å². The number of hydrogen-bond donors (Lipinski definition) is 1. The van der Waals surface area contributed by atoms with Crippen LogP contribution in [0.3, 0.4) is 0 Å². The molecule has 0 aromatic heterocycles. The molecule has 6 heteroatoms. The molecule has 1 saturated carbocycles. The Morgan fingerprint density at radius 2 is 2.00 bits per heavy atom. The van der Waals surface area contributed by atoms with Gasteiger partial charge in [0.25, 0.3) is 0 Å². The predicted octanol–water partition coefficient (Wildman–Crippen LogP) is 0.487. The molecule has 0 radical (unpaired) electrons. The van der Waals surface area contributed by atoms with Crippen LogP contribution in [-0.4, -0.2) is 36.6 Å². The summed E-state index contributed by atoms with van der Waals surface area (Å²) in [4.78, 5) is 22.9. The third-order valence-corrected chi connectivity index (χ3v) is 2.93. The van der Waals surface area contributed by atoms with E-state index in [-0.39, 0.29) is 36.2 Å². The van der Waals surface area contributed by atoms with Gasteiger partial charge in [0, 0.05) is 12.5 Å². The summed E-state index contributed by atoms with van der Waals surface area (Å²) >= 11 is 0. The van der Waals surface area contributed by atoms with Crippen molar-refractivity contribution in [3.8, 4) is 0 Å². The van der Waals surface area contributed by atoms with Crippen LogP contribution in [0, 0.1) is 5.92 Å². The molecule has 1 unspecified atom stereocenters. The van der Waals surface area contributed by atoms with Crippen LogP contribution in [0.2, 0.25) is 0 Å². The molecule has 1 aliphatic carbocycles. The molecule has 16 heavy (non-hydrogen) atoms. The second-order valence-electron chi connectivity index (χ2n) is 4.12. The second kappa shape index (κ2) is 5.50.